The fourth-order valence-corrected chi connectivity index (χ4v) is 3.35. The Morgan fingerprint density at radius 2 is 2.10 bits per heavy atom. The molecule has 0 bridgehead atoms. The summed E-state index contributed by atoms with van der Waals surface area (Å²) in [6, 6.07) is 7.71. The number of nitrogens with two attached hydrogens (primary N) is 1. The minimum Gasteiger partial charge on any atom is -0.399 e. The Labute approximate surface area is 130 Å². The van der Waals surface area contributed by atoms with Gasteiger partial charge in [0.15, 0.2) is 0 Å². The number of nitrogen functional groups attached to an aromatic ring is 1. The van der Waals surface area contributed by atoms with Gasteiger partial charge in [-0.3, -0.25) is 4.79 Å². The van der Waals surface area contributed by atoms with E-state index in [-0.39, 0.29) is 10.7 Å². The van der Waals surface area contributed by atoms with Crippen LogP contribution in [0, 0.1) is 0 Å². The summed E-state index contributed by atoms with van der Waals surface area (Å²) in [7, 11) is 0. The number of carbonyl (C=O) groups excluding carboxylic acids is 1. The molecule has 0 spiro atoms. The monoisotopic (exact) mass is 308 g/mol. The van der Waals surface area contributed by atoms with Crippen LogP contribution in [0.5, 0.6) is 0 Å². The van der Waals surface area contributed by atoms with E-state index in [9.17, 15) is 4.79 Å². The molecule has 21 heavy (non-hydrogen) atoms. The van der Waals surface area contributed by atoms with Crippen molar-refractivity contribution in [1.29, 1.82) is 0 Å². The molecule has 116 valence electrons. The van der Waals surface area contributed by atoms with E-state index in [1.165, 1.54) is 0 Å². The standard InChI is InChI=1S/C16H24N2O2S/c1-21-16(8-10-20-11-9-16)12-18-15(19)7-6-13-4-2-3-5-14(13)17/h2-5H,6-12,17H2,1H3,(H,18,19). The first-order valence-corrected chi connectivity index (χ1v) is 8.61. The van der Waals surface area contributed by atoms with E-state index >= 15 is 0 Å². The number of para-hydroxylation sites is 1. The summed E-state index contributed by atoms with van der Waals surface area (Å²) >= 11 is 1.84. The smallest absolute Gasteiger partial charge is 0.220 e. The number of aryl methyl sites for hydroxylation is 1. The van der Waals surface area contributed by atoms with Gasteiger partial charge in [-0.25, -0.2) is 0 Å². The molecular formula is C16H24N2O2S. The number of rotatable bonds is 6. The highest BCUT2D eigenvalue weighted by Gasteiger charge is 2.31. The molecule has 0 aromatic heterocycles. The molecule has 1 aliphatic rings. The van der Waals surface area contributed by atoms with Crippen molar-refractivity contribution >= 4 is 23.4 Å². The second-order valence-electron chi connectivity index (χ2n) is 5.48. The van der Waals surface area contributed by atoms with Crippen molar-refractivity contribution in [2.24, 2.45) is 0 Å². The number of thioether (sulfide) groups is 1. The number of carbonyl (C=O) groups is 1. The third-order valence-corrected chi connectivity index (χ3v) is 5.54. The van der Waals surface area contributed by atoms with Gasteiger partial charge in [0.25, 0.3) is 0 Å². The lowest BCUT2D eigenvalue weighted by atomic mass is 9.99. The molecule has 4 nitrogen and oxygen atoms in total. The first-order valence-electron chi connectivity index (χ1n) is 7.38. The maximum absolute atomic E-state index is 12.0. The van der Waals surface area contributed by atoms with Crippen LogP contribution in [0.25, 0.3) is 0 Å². The molecular weight excluding hydrogens is 284 g/mol. The lowest BCUT2D eigenvalue weighted by Crippen LogP contribution is -2.44. The molecule has 1 fully saturated rings. The number of amides is 1. The van der Waals surface area contributed by atoms with Gasteiger partial charge in [0.05, 0.1) is 0 Å². The highest BCUT2D eigenvalue weighted by atomic mass is 32.2. The van der Waals surface area contributed by atoms with Crippen LogP contribution in [0.2, 0.25) is 0 Å². The van der Waals surface area contributed by atoms with Crippen LogP contribution in [0.3, 0.4) is 0 Å². The Bertz CT molecular complexity index is 473. The Morgan fingerprint density at radius 3 is 2.76 bits per heavy atom. The summed E-state index contributed by atoms with van der Waals surface area (Å²) in [5, 5.41) is 3.08. The van der Waals surface area contributed by atoms with Crippen molar-refractivity contribution in [2.75, 3.05) is 31.7 Å². The quantitative estimate of drug-likeness (QED) is 0.791. The zero-order valence-electron chi connectivity index (χ0n) is 12.6. The highest BCUT2D eigenvalue weighted by molar-refractivity contribution is 8.00. The molecule has 1 saturated heterocycles. The van der Waals surface area contributed by atoms with E-state index in [4.69, 9.17) is 10.5 Å². The minimum absolute atomic E-state index is 0.0955. The molecule has 0 radical (unpaired) electrons. The summed E-state index contributed by atoms with van der Waals surface area (Å²) < 4.78 is 5.55. The van der Waals surface area contributed by atoms with E-state index in [2.05, 4.69) is 11.6 Å². The number of hydrogen-bond acceptors (Lipinski definition) is 4. The molecule has 1 heterocycles. The maximum atomic E-state index is 12.0. The van der Waals surface area contributed by atoms with Gasteiger partial charge in [-0.05, 0) is 37.1 Å². The average Bonchev–Trinajstić information content (AvgIpc) is 2.53. The first kappa shape index (κ1) is 16.2. The molecule has 0 aliphatic carbocycles. The second kappa shape index (κ2) is 7.71. The first-order chi connectivity index (χ1) is 10.2. The predicted octanol–water partition coefficient (Wildman–Crippen LogP) is 2.23. The zero-order valence-corrected chi connectivity index (χ0v) is 13.4. The highest BCUT2D eigenvalue weighted by Crippen LogP contribution is 2.32. The molecule has 3 N–H and O–H groups in total. The molecule has 1 aromatic rings. The fourth-order valence-electron chi connectivity index (χ4n) is 2.55. The SMILES string of the molecule is CSC1(CNC(=O)CCc2ccccc2N)CCOCC1. The molecule has 0 unspecified atom stereocenters. The second-order valence-corrected chi connectivity index (χ2v) is 6.75. The van der Waals surface area contributed by atoms with Crippen molar-refractivity contribution in [3.05, 3.63) is 29.8 Å². The minimum atomic E-state index is 0.0955. The lowest BCUT2D eigenvalue weighted by Gasteiger charge is -2.35. The van der Waals surface area contributed by atoms with Gasteiger partial charge in [-0.15, -0.1) is 0 Å². The van der Waals surface area contributed by atoms with Gasteiger partial charge in [-0.1, -0.05) is 18.2 Å². The van der Waals surface area contributed by atoms with Gasteiger partial charge in [0.1, 0.15) is 0 Å². The van der Waals surface area contributed by atoms with E-state index in [1.54, 1.807) is 0 Å². The molecule has 0 atom stereocenters. The Morgan fingerprint density at radius 1 is 1.38 bits per heavy atom. The predicted molar refractivity (Wildman–Crippen MR) is 88.5 cm³/mol. The Kier molecular flexibility index (Phi) is 5.94. The average molecular weight is 308 g/mol. The van der Waals surface area contributed by atoms with Gasteiger partial charge in [0, 0.05) is 36.6 Å². The van der Waals surface area contributed by atoms with Crippen LogP contribution < -0.4 is 11.1 Å². The third kappa shape index (κ3) is 4.64. The van der Waals surface area contributed by atoms with Crippen molar-refractivity contribution in [2.45, 2.75) is 30.4 Å². The number of nitrogens with one attached hydrogen (secondary N) is 1. The summed E-state index contributed by atoms with van der Waals surface area (Å²) in [6.07, 6.45) is 5.28. The number of ether oxygens (including phenoxy) is 1. The fraction of sp³-hybridized carbons (Fsp3) is 0.562. The Balaban J connectivity index is 1.78. The summed E-state index contributed by atoms with van der Waals surface area (Å²) in [5.41, 5.74) is 7.69. The molecule has 1 aromatic carbocycles. The van der Waals surface area contributed by atoms with E-state index in [1.807, 2.05) is 36.0 Å². The van der Waals surface area contributed by atoms with Gasteiger partial charge < -0.3 is 15.8 Å². The summed E-state index contributed by atoms with van der Waals surface area (Å²) in [4.78, 5) is 12.0. The van der Waals surface area contributed by atoms with Crippen LogP contribution in [0.4, 0.5) is 5.69 Å². The maximum Gasteiger partial charge on any atom is 0.220 e. The van der Waals surface area contributed by atoms with Crippen molar-refractivity contribution in [3.63, 3.8) is 0 Å². The van der Waals surface area contributed by atoms with Gasteiger partial charge >= 0.3 is 0 Å². The normalized spacial score (nSPS) is 17.4. The third-order valence-electron chi connectivity index (χ3n) is 4.12. The van der Waals surface area contributed by atoms with Crippen LogP contribution in [0.1, 0.15) is 24.8 Å². The van der Waals surface area contributed by atoms with Crippen LogP contribution in [-0.2, 0) is 16.0 Å². The van der Waals surface area contributed by atoms with Gasteiger partial charge in [0.2, 0.25) is 5.91 Å². The van der Waals surface area contributed by atoms with Crippen molar-refractivity contribution in [1.82, 2.24) is 5.32 Å². The molecule has 1 aliphatic heterocycles. The van der Waals surface area contributed by atoms with Crippen LogP contribution in [-0.4, -0.2) is 36.7 Å². The van der Waals surface area contributed by atoms with Crippen LogP contribution in [0.15, 0.2) is 24.3 Å². The van der Waals surface area contributed by atoms with Crippen molar-refractivity contribution in [3.8, 4) is 0 Å². The lowest BCUT2D eigenvalue weighted by molar-refractivity contribution is -0.121. The van der Waals surface area contributed by atoms with Gasteiger partial charge in [-0.2, -0.15) is 11.8 Å². The Hall–Kier alpha value is -1.20. The number of hydrogen-bond donors (Lipinski definition) is 2. The zero-order chi connectivity index (χ0) is 15.1. The number of benzene rings is 1. The van der Waals surface area contributed by atoms with E-state index in [0.29, 0.717) is 12.8 Å². The largest absolute Gasteiger partial charge is 0.399 e. The summed E-state index contributed by atoms with van der Waals surface area (Å²) in [5.74, 6) is 0.0955. The molecule has 0 saturated carbocycles. The topological polar surface area (TPSA) is 64.4 Å². The summed E-state index contributed by atoms with van der Waals surface area (Å²) in [6.45, 7) is 2.30. The van der Waals surface area contributed by atoms with Crippen LogP contribution >= 0.6 is 11.8 Å². The molecule has 2 rings (SSSR count). The van der Waals surface area contributed by atoms with Crippen molar-refractivity contribution < 1.29 is 9.53 Å². The molecule has 1 amide bonds. The number of anilines is 1. The van der Waals surface area contributed by atoms with E-state index < -0.39 is 0 Å². The van der Waals surface area contributed by atoms with E-state index in [0.717, 1.165) is 43.9 Å². The molecule has 5 heteroatoms.